The Hall–Kier alpha value is -1.35. The molecule has 0 bridgehead atoms. The molecule has 0 aliphatic carbocycles. The number of halogens is 1. The predicted octanol–water partition coefficient (Wildman–Crippen LogP) is 2.30. The normalized spacial score (nSPS) is 18.2. The van der Waals surface area contributed by atoms with Crippen LogP contribution in [-0.2, 0) is 11.3 Å². The van der Waals surface area contributed by atoms with E-state index in [0.717, 1.165) is 38.6 Å². The van der Waals surface area contributed by atoms with Crippen molar-refractivity contribution in [1.82, 2.24) is 20.4 Å². The molecule has 7 heteroatoms. The van der Waals surface area contributed by atoms with E-state index in [1.54, 1.807) is 7.05 Å². The molecule has 1 amide bonds. The summed E-state index contributed by atoms with van der Waals surface area (Å²) in [6.45, 7) is 7.45. The van der Waals surface area contributed by atoms with Gasteiger partial charge in [-0.2, -0.15) is 0 Å². The van der Waals surface area contributed by atoms with Crippen LogP contribution >= 0.6 is 24.0 Å². The molecule has 27 heavy (non-hydrogen) atoms. The van der Waals surface area contributed by atoms with Crippen molar-refractivity contribution in [3.63, 3.8) is 0 Å². The van der Waals surface area contributed by atoms with Gasteiger partial charge in [-0.3, -0.25) is 14.7 Å². The van der Waals surface area contributed by atoms with Gasteiger partial charge in [0.05, 0.1) is 0 Å². The highest BCUT2D eigenvalue weighted by molar-refractivity contribution is 14.0. The Morgan fingerprint density at radius 3 is 2.70 bits per heavy atom. The van der Waals surface area contributed by atoms with E-state index in [9.17, 15) is 4.79 Å². The van der Waals surface area contributed by atoms with Gasteiger partial charge in [0.15, 0.2) is 5.96 Å². The lowest BCUT2D eigenvalue weighted by atomic mass is 10.2. The van der Waals surface area contributed by atoms with Crippen LogP contribution < -0.4 is 10.6 Å². The largest absolute Gasteiger partial charge is 0.355 e. The molecule has 2 rings (SSSR count). The molecule has 0 radical (unpaired) electrons. The maximum absolute atomic E-state index is 11.8. The fourth-order valence-electron chi connectivity index (χ4n) is 3.14. The number of nitrogens with one attached hydrogen (secondary N) is 2. The van der Waals surface area contributed by atoms with Crippen molar-refractivity contribution in [2.24, 2.45) is 4.99 Å². The number of likely N-dealkylation sites (N-methyl/N-ethyl adjacent to an activating group) is 1. The van der Waals surface area contributed by atoms with E-state index in [-0.39, 0.29) is 35.9 Å². The highest BCUT2D eigenvalue weighted by atomic mass is 127. The number of carbonyl (C=O) groups excluding carboxylic acids is 1. The van der Waals surface area contributed by atoms with Gasteiger partial charge < -0.3 is 15.5 Å². The van der Waals surface area contributed by atoms with Crippen molar-refractivity contribution in [1.29, 1.82) is 0 Å². The Labute approximate surface area is 180 Å². The van der Waals surface area contributed by atoms with Crippen LogP contribution in [0.2, 0.25) is 0 Å². The third-order valence-corrected chi connectivity index (χ3v) is 5.00. The summed E-state index contributed by atoms with van der Waals surface area (Å²) in [5.41, 5.74) is 1.32. The molecule has 1 aliphatic heterocycles. The highest BCUT2D eigenvalue weighted by Gasteiger charge is 2.25. The number of guanidine groups is 1. The minimum Gasteiger partial charge on any atom is -0.355 e. The number of hydrogen-bond donors (Lipinski definition) is 2. The van der Waals surface area contributed by atoms with E-state index in [4.69, 9.17) is 0 Å². The van der Waals surface area contributed by atoms with Gasteiger partial charge in [-0.1, -0.05) is 37.3 Å². The topological polar surface area (TPSA) is 60.0 Å². The number of carbonyl (C=O) groups is 1. The van der Waals surface area contributed by atoms with Crippen LogP contribution in [0.3, 0.4) is 0 Å². The van der Waals surface area contributed by atoms with Gasteiger partial charge in [0, 0.05) is 51.7 Å². The van der Waals surface area contributed by atoms with E-state index >= 15 is 0 Å². The molecular formula is C20H34IN5O. The summed E-state index contributed by atoms with van der Waals surface area (Å²) in [4.78, 5) is 20.4. The Bertz CT molecular complexity index is 595. The van der Waals surface area contributed by atoms with Crippen molar-refractivity contribution in [3.05, 3.63) is 35.9 Å². The van der Waals surface area contributed by atoms with Crippen molar-refractivity contribution >= 4 is 35.8 Å². The molecule has 0 saturated carbocycles. The standard InChI is InChI=1S/C20H33N5O.HI/c1-5-19(26)25-12-11-18(15-25)23-20(21-3)22-13-16(2)24(4)14-17-9-7-6-8-10-17;/h6-10,16,18H,5,11-15H2,1-4H3,(H2,21,22,23);1H. The Balaban J connectivity index is 0.00000364. The lowest BCUT2D eigenvalue weighted by Gasteiger charge is -2.26. The summed E-state index contributed by atoms with van der Waals surface area (Å²) in [7, 11) is 3.93. The first kappa shape index (κ1) is 23.7. The summed E-state index contributed by atoms with van der Waals surface area (Å²) in [5, 5.41) is 6.86. The zero-order chi connectivity index (χ0) is 18.9. The van der Waals surface area contributed by atoms with Gasteiger partial charge in [-0.25, -0.2) is 0 Å². The first-order valence-electron chi connectivity index (χ1n) is 9.52. The minimum absolute atomic E-state index is 0. The molecule has 2 N–H and O–H groups in total. The average Bonchev–Trinajstić information content (AvgIpc) is 3.13. The smallest absolute Gasteiger partial charge is 0.222 e. The molecule has 2 unspecified atom stereocenters. The molecule has 1 fully saturated rings. The van der Waals surface area contributed by atoms with Gasteiger partial charge >= 0.3 is 0 Å². The maximum atomic E-state index is 11.8. The van der Waals surface area contributed by atoms with Crippen molar-refractivity contribution in [3.8, 4) is 0 Å². The lowest BCUT2D eigenvalue weighted by Crippen LogP contribution is -2.48. The van der Waals surface area contributed by atoms with Gasteiger partial charge in [0.25, 0.3) is 0 Å². The zero-order valence-corrected chi connectivity index (χ0v) is 19.3. The summed E-state index contributed by atoms with van der Waals surface area (Å²) in [6, 6.07) is 11.1. The van der Waals surface area contributed by atoms with Crippen LogP contribution in [0.1, 0.15) is 32.3 Å². The van der Waals surface area contributed by atoms with E-state index < -0.39 is 0 Å². The third-order valence-electron chi connectivity index (χ3n) is 5.00. The fraction of sp³-hybridized carbons (Fsp3) is 0.600. The highest BCUT2D eigenvalue weighted by Crippen LogP contribution is 2.10. The number of rotatable bonds is 7. The van der Waals surface area contributed by atoms with E-state index in [1.165, 1.54) is 5.56 Å². The molecule has 1 aliphatic rings. The SMILES string of the molecule is CCC(=O)N1CCC(NC(=NC)NCC(C)N(C)Cc2ccccc2)C1.I. The molecule has 1 aromatic rings. The summed E-state index contributed by atoms with van der Waals surface area (Å²) < 4.78 is 0. The van der Waals surface area contributed by atoms with E-state index in [0.29, 0.717) is 12.5 Å². The van der Waals surface area contributed by atoms with Gasteiger partial charge in [-0.15, -0.1) is 24.0 Å². The number of benzene rings is 1. The minimum atomic E-state index is 0. The predicted molar refractivity (Wildman–Crippen MR) is 123 cm³/mol. The lowest BCUT2D eigenvalue weighted by molar-refractivity contribution is -0.129. The fourth-order valence-corrected chi connectivity index (χ4v) is 3.14. The van der Waals surface area contributed by atoms with E-state index in [1.807, 2.05) is 17.9 Å². The quantitative estimate of drug-likeness (QED) is 0.352. The van der Waals surface area contributed by atoms with Crippen LogP contribution in [0.15, 0.2) is 35.3 Å². The number of amides is 1. The summed E-state index contributed by atoms with van der Waals surface area (Å²) in [6.07, 6.45) is 1.54. The maximum Gasteiger partial charge on any atom is 0.222 e. The molecular weight excluding hydrogens is 453 g/mol. The second-order valence-electron chi connectivity index (χ2n) is 7.03. The monoisotopic (exact) mass is 487 g/mol. The third kappa shape index (κ3) is 7.65. The van der Waals surface area contributed by atoms with Crippen molar-refractivity contribution in [2.45, 2.75) is 45.3 Å². The molecule has 0 spiro atoms. The molecule has 1 heterocycles. The molecule has 6 nitrogen and oxygen atoms in total. The van der Waals surface area contributed by atoms with Gasteiger partial charge in [0.2, 0.25) is 5.91 Å². The summed E-state index contributed by atoms with van der Waals surface area (Å²) >= 11 is 0. The number of aliphatic imine (C=N–C) groups is 1. The van der Waals surface area contributed by atoms with Crippen LogP contribution in [0.5, 0.6) is 0 Å². The van der Waals surface area contributed by atoms with Crippen LogP contribution in [0.4, 0.5) is 0 Å². The zero-order valence-electron chi connectivity index (χ0n) is 16.9. The second kappa shape index (κ2) is 12.2. The average molecular weight is 487 g/mol. The van der Waals surface area contributed by atoms with Crippen molar-refractivity contribution < 1.29 is 4.79 Å². The molecule has 1 aromatic carbocycles. The van der Waals surface area contributed by atoms with Gasteiger partial charge in [0.1, 0.15) is 0 Å². The molecule has 152 valence electrons. The first-order valence-corrected chi connectivity index (χ1v) is 9.52. The first-order chi connectivity index (χ1) is 12.5. The second-order valence-corrected chi connectivity index (χ2v) is 7.03. The number of hydrogen-bond acceptors (Lipinski definition) is 3. The summed E-state index contributed by atoms with van der Waals surface area (Å²) in [5.74, 6) is 1.04. The Kier molecular flexibility index (Phi) is 10.7. The van der Waals surface area contributed by atoms with E-state index in [2.05, 4.69) is 58.8 Å². The Morgan fingerprint density at radius 1 is 1.37 bits per heavy atom. The molecule has 0 aromatic heterocycles. The van der Waals surface area contributed by atoms with Crippen LogP contribution in [0, 0.1) is 0 Å². The number of likely N-dealkylation sites (tertiary alicyclic amines) is 1. The van der Waals surface area contributed by atoms with Gasteiger partial charge in [-0.05, 0) is 26.0 Å². The van der Waals surface area contributed by atoms with Crippen LogP contribution in [0.25, 0.3) is 0 Å². The van der Waals surface area contributed by atoms with Crippen molar-refractivity contribution in [2.75, 3.05) is 33.7 Å². The Morgan fingerprint density at radius 2 is 2.07 bits per heavy atom. The molecule has 2 atom stereocenters. The molecule has 1 saturated heterocycles. The van der Waals surface area contributed by atoms with Crippen LogP contribution in [-0.4, -0.2) is 67.5 Å². The number of nitrogens with zero attached hydrogens (tertiary/aromatic N) is 3.